The molecule has 1 aliphatic rings. The highest BCUT2D eigenvalue weighted by Crippen LogP contribution is 2.12. The van der Waals surface area contributed by atoms with E-state index in [1.807, 2.05) is 0 Å². The van der Waals surface area contributed by atoms with Crippen LogP contribution in [0.2, 0.25) is 0 Å². The van der Waals surface area contributed by atoms with Crippen LogP contribution in [0.25, 0.3) is 0 Å². The zero-order chi connectivity index (χ0) is 8.97. The Morgan fingerprint density at radius 2 is 2.50 bits per heavy atom. The molecule has 0 aromatic carbocycles. The van der Waals surface area contributed by atoms with E-state index in [1.165, 1.54) is 13.5 Å². The molecule has 1 unspecified atom stereocenters. The molecule has 1 fully saturated rings. The van der Waals surface area contributed by atoms with E-state index in [4.69, 9.17) is 0 Å². The van der Waals surface area contributed by atoms with Gasteiger partial charge in [0.25, 0.3) is 0 Å². The number of methoxy groups -OCH3 is 1. The maximum absolute atomic E-state index is 10.7. The molecule has 1 rings (SSSR count). The van der Waals surface area contributed by atoms with Crippen molar-refractivity contribution < 1.29 is 9.53 Å². The van der Waals surface area contributed by atoms with Crippen LogP contribution in [0, 0.1) is 5.92 Å². The summed E-state index contributed by atoms with van der Waals surface area (Å²) in [5.74, 6) is 0.592. The number of carbonyl (C=O) groups excluding carboxylic acids is 1. The number of ether oxygens (including phenoxy) is 1. The summed E-state index contributed by atoms with van der Waals surface area (Å²) < 4.78 is 4.47. The van der Waals surface area contributed by atoms with E-state index in [9.17, 15) is 4.79 Å². The Balaban J connectivity index is 2.11. The Kier molecular flexibility index (Phi) is 3.34. The summed E-state index contributed by atoms with van der Waals surface area (Å²) >= 11 is 0. The highest BCUT2D eigenvalue weighted by atomic mass is 16.5. The number of hydrogen-bond donors (Lipinski definition) is 1. The highest BCUT2D eigenvalue weighted by molar-refractivity contribution is 5.66. The fourth-order valence-electron chi connectivity index (χ4n) is 1.49. The molecule has 1 saturated heterocycles. The SMILES string of the molecule is COC(=O)NCC1CCN(C)C1. The molecule has 1 heterocycles. The smallest absolute Gasteiger partial charge is 0.406 e. The molecule has 0 aromatic rings. The minimum atomic E-state index is -0.329. The molecular formula is C8H16N2O2. The van der Waals surface area contributed by atoms with Crippen molar-refractivity contribution in [2.45, 2.75) is 6.42 Å². The normalized spacial score (nSPS) is 24.0. The number of amides is 1. The summed E-state index contributed by atoms with van der Waals surface area (Å²) in [4.78, 5) is 13.0. The molecule has 12 heavy (non-hydrogen) atoms. The van der Waals surface area contributed by atoms with Gasteiger partial charge in [-0.2, -0.15) is 0 Å². The summed E-state index contributed by atoms with van der Waals surface area (Å²) in [6, 6.07) is 0. The summed E-state index contributed by atoms with van der Waals surface area (Å²) in [5.41, 5.74) is 0. The molecule has 4 heteroatoms. The number of hydrogen-bond acceptors (Lipinski definition) is 3. The number of rotatable bonds is 2. The van der Waals surface area contributed by atoms with E-state index < -0.39 is 0 Å². The number of nitrogens with one attached hydrogen (secondary N) is 1. The van der Waals surface area contributed by atoms with Crippen LogP contribution in [0.1, 0.15) is 6.42 Å². The Labute approximate surface area is 72.9 Å². The summed E-state index contributed by atoms with van der Waals surface area (Å²) in [6.07, 6.45) is 0.838. The van der Waals surface area contributed by atoms with E-state index in [0.29, 0.717) is 5.92 Å². The second kappa shape index (κ2) is 4.30. The van der Waals surface area contributed by atoms with Gasteiger partial charge < -0.3 is 15.0 Å². The first-order valence-corrected chi connectivity index (χ1v) is 4.22. The van der Waals surface area contributed by atoms with E-state index in [2.05, 4.69) is 22.0 Å². The highest BCUT2D eigenvalue weighted by Gasteiger charge is 2.19. The Hall–Kier alpha value is -0.770. The van der Waals surface area contributed by atoms with Gasteiger partial charge in [-0.3, -0.25) is 0 Å². The lowest BCUT2D eigenvalue weighted by Crippen LogP contribution is -2.30. The van der Waals surface area contributed by atoms with Crippen LogP contribution in [0.5, 0.6) is 0 Å². The van der Waals surface area contributed by atoms with Gasteiger partial charge in [0.15, 0.2) is 0 Å². The molecule has 0 aliphatic carbocycles. The maximum atomic E-state index is 10.7. The Morgan fingerprint density at radius 3 is 3.00 bits per heavy atom. The van der Waals surface area contributed by atoms with Crippen LogP contribution in [0.4, 0.5) is 4.79 Å². The monoisotopic (exact) mass is 172 g/mol. The predicted octanol–water partition coefficient (Wildman–Crippen LogP) is 0.294. The van der Waals surface area contributed by atoms with Crippen molar-refractivity contribution in [2.75, 3.05) is 33.8 Å². The fraction of sp³-hybridized carbons (Fsp3) is 0.875. The Bertz CT molecular complexity index is 161. The average molecular weight is 172 g/mol. The first-order chi connectivity index (χ1) is 5.72. The molecular weight excluding hydrogens is 156 g/mol. The van der Waals surface area contributed by atoms with Crippen LogP contribution >= 0.6 is 0 Å². The van der Waals surface area contributed by atoms with Crippen molar-refractivity contribution in [3.63, 3.8) is 0 Å². The number of carbonyl (C=O) groups is 1. The standard InChI is InChI=1S/C8H16N2O2/c1-10-4-3-7(6-10)5-9-8(11)12-2/h7H,3-6H2,1-2H3,(H,9,11). The zero-order valence-corrected chi connectivity index (χ0v) is 7.67. The first kappa shape index (κ1) is 9.32. The lowest BCUT2D eigenvalue weighted by atomic mass is 10.1. The lowest BCUT2D eigenvalue weighted by Gasteiger charge is -2.10. The molecule has 0 bridgehead atoms. The van der Waals surface area contributed by atoms with Gasteiger partial charge in [0.05, 0.1) is 7.11 Å². The fourth-order valence-corrected chi connectivity index (χ4v) is 1.49. The van der Waals surface area contributed by atoms with Crippen molar-refractivity contribution in [3.8, 4) is 0 Å². The van der Waals surface area contributed by atoms with Crippen LogP contribution in [-0.4, -0.2) is 44.8 Å². The largest absolute Gasteiger partial charge is 0.453 e. The molecule has 0 aromatic heterocycles. The molecule has 1 amide bonds. The van der Waals surface area contributed by atoms with Crippen molar-refractivity contribution >= 4 is 6.09 Å². The third kappa shape index (κ3) is 2.70. The average Bonchev–Trinajstić information content (AvgIpc) is 2.47. The molecule has 1 aliphatic heterocycles. The second-order valence-corrected chi connectivity index (χ2v) is 3.29. The van der Waals surface area contributed by atoms with Crippen molar-refractivity contribution in [1.82, 2.24) is 10.2 Å². The minimum Gasteiger partial charge on any atom is -0.453 e. The van der Waals surface area contributed by atoms with Gasteiger partial charge in [0.2, 0.25) is 0 Å². The molecule has 70 valence electrons. The number of likely N-dealkylation sites (tertiary alicyclic amines) is 1. The third-order valence-corrected chi connectivity index (χ3v) is 2.21. The quantitative estimate of drug-likeness (QED) is 0.651. The van der Waals surface area contributed by atoms with Gasteiger partial charge in [-0.25, -0.2) is 4.79 Å². The van der Waals surface area contributed by atoms with Crippen molar-refractivity contribution in [2.24, 2.45) is 5.92 Å². The van der Waals surface area contributed by atoms with Gasteiger partial charge in [-0.15, -0.1) is 0 Å². The first-order valence-electron chi connectivity index (χ1n) is 4.22. The molecule has 1 N–H and O–H groups in total. The third-order valence-electron chi connectivity index (χ3n) is 2.21. The zero-order valence-electron chi connectivity index (χ0n) is 7.67. The lowest BCUT2D eigenvalue weighted by molar-refractivity contribution is 0.169. The van der Waals surface area contributed by atoms with Crippen molar-refractivity contribution in [3.05, 3.63) is 0 Å². The van der Waals surface area contributed by atoms with E-state index in [1.54, 1.807) is 0 Å². The van der Waals surface area contributed by atoms with Gasteiger partial charge in [-0.05, 0) is 25.9 Å². The Morgan fingerprint density at radius 1 is 1.75 bits per heavy atom. The van der Waals surface area contributed by atoms with Gasteiger partial charge in [-0.1, -0.05) is 0 Å². The second-order valence-electron chi connectivity index (χ2n) is 3.29. The topological polar surface area (TPSA) is 41.6 Å². The van der Waals surface area contributed by atoms with Crippen molar-refractivity contribution in [1.29, 1.82) is 0 Å². The number of alkyl carbamates (subject to hydrolysis) is 1. The number of nitrogens with zero attached hydrogens (tertiary/aromatic N) is 1. The molecule has 1 atom stereocenters. The molecule has 0 saturated carbocycles. The van der Waals surface area contributed by atoms with Crippen LogP contribution in [-0.2, 0) is 4.74 Å². The molecule has 0 radical (unpaired) electrons. The molecule has 4 nitrogen and oxygen atoms in total. The van der Waals surface area contributed by atoms with E-state index in [-0.39, 0.29) is 6.09 Å². The van der Waals surface area contributed by atoms with Gasteiger partial charge in [0.1, 0.15) is 0 Å². The van der Waals surface area contributed by atoms with Crippen LogP contribution < -0.4 is 5.32 Å². The predicted molar refractivity (Wildman–Crippen MR) is 46.0 cm³/mol. The minimum absolute atomic E-state index is 0.329. The van der Waals surface area contributed by atoms with Crippen LogP contribution in [0.15, 0.2) is 0 Å². The summed E-state index contributed by atoms with van der Waals surface area (Å²) in [7, 11) is 3.48. The molecule has 0 spiro atoms. The van der Waals surface area contributed by atoms with E-state index >= 15 is 0 Å². The summed E-state index contributed by atoms with van der Waals surface area (Å²) in [6.45, 7) is 2.94. The van der Waals surface area contributed by atoms with E-state index in [0.717, 1.165) is 19.6 Å². The van der Waals surface area contributed by atoms with Crippen LogP contribution in [0.3, 0.4) is 0 Å². The van der Waals surface area contributed by atoms with Gasteiger partial charge >= 0.3 is 6.09 Å². The summed E-state index contributed by atoms with van der Waals surface area (Å²) in [5, 5.41) is 2.71. The maximum Gasteiger partial charge on any atom is 0.406 e. The van der Waals surface area contributed by atoms with Gasteiger partial charge in [0, 0.05) is 13.1 Å².